The van der Waals surface area contributed by atoms with Gasteiger partial charge in [-0.2, -0.15) is 0 Å². The summed E-state index contributed by atoms with van der Waals surface area (Å²) in [6.45, 7) is 5.84. The average molecular weight is 418 g/mol. The Morgan fingerprint density at radius 3 is 2.52 bits per heavy atom. The number of carbonyl (C=O) groups excluding carboxylic acids is 1. The fraction of sp³-hybridized carbons (Fsp3) is 0.364. The largest absolute Gasteiger partial charge is 0.512 e. The van der Waals surface area contributed by atoms with Gasteiger partial charge in [-0.05, 0) is 63.8 Å². The van der Waals surface area contributed by atoms with E-state index in [9.17, 15) is 14.0 Å². The van der Waals surface area contributed by atoms with Gasteiger partial charge in [-0.1, -0.05) is 35.1 Å². The number of carboxylic acid groups (broad SMARTS) is 1. The van der Waals surface area contributed by atoms with Gasteiger partial charge < -0.3 is 14.7 Å². The minimum Gasteiger partial charge on any atom is -0.449 e. The van der Waals surface area contributed by atoms with Gasteiger partial charge >= 0.3 is 6.16 Å². The van der Waals surface area contributed by atoms with Crippen LogP contribution in [-0.4, -0.2) is 23.2 Å². The molecule has 0 radical (unpaired) electrons. The fourth-order valence-electron chi connectivity index (χ4n) is 3.48. The smallest absolute Gasteiger partial charge is 0.449 e. The Labute approximate surface area is 173 Å². The highest BCUT2D eigenvalue weighted by Crippen LogP contribution is 2.44. The number of hydrogen-bond donors (Lipinski definition) is 1. The third kappa shape index (κ3) is 4.85. The number of benzene rings is 1. The lowest BCUT2D eigenvalue weighted by Gasteiger charge is -2.31. The molecule has 1 aromatic heterocycles. The number of anilines is 1. The quantitative estimate of drug-likeness (QED) is 0.472. The maximum atomic E-state index is 13.3. The Kier molecular flexibility index (Phi) is 6.37. The molecule has 0 spiro atoms. The zero-order valence-corrected chi connectivity index (χ0v) is 17.5. The minimum absolute atomic E-state index is 0.0394. The maximum Gasteiger partial charge on any atom is 0.512 e. The number of allylic oxidation sites excluding steroid dienone is 2. The Bertz CT molecular complexity index is 933. The number of halogens is 1. The van der Waals surface area contributed by atoms with Crippen molar-refractivity contribution in [3.05, 3.63) is 47.8 Å². The summed E-state index contributed by atoms with van der Waals surface area (Å²) in [6.07, 6.45) is 2.99. The van der Waals surface area contributed by atoms with Gasteiger partial charge in [-0.3, -0.25) is 4.79 Å². The molecule has 1 aliphatic carbocycles. The van der Waals surface area contributed by atoms with E-state index < -0.39 is 6.16 Å². The van der Waals surface area contributed by atoms with Crippen LogP contribution in [-0.2, 0) is 4.79 Å². The molecule has 0 saturated carbocycles. The molecule has 0 saturated heterocycles. The summed E-state index contributed by atoms with van der Waals surface area (Å²) in [5.74, 6) is -0.539. The summed E-state index contributed by atoms with van der Waals surface area (Å²) in [4.78, 5) is 26.9. The zero-order chi connectivity index (χ0) is 21.1. The number of nitrogens with zero attached hydrogens (tertiary/aromatic N) is 1. The topological polar surface area (TPSA) is 66.8 Å². The fourth-order valence-corrected chi connectivity index (χ4v) is 4.48. The van der Waals surface area contributed by atoms with Crippen LogP contribution in [0.5, 0.6) is 5.06 Å². The summed E-state index contributed by atoms with van der Waals surface area (Å²) in [6, 6.07) is 7.49. The Morgan fingerprint density at radius 1 is 1.28 bits per heavy atom. The van der Waals surface area contributed by atoms with Gasteiger partial charge in [-0.15, -0.1) is 0 Å². The number of amides is 1. The van der Waals surface area contributed by atoms with E-state index in [2.05, 4.69) is 13.0 Å². The number of ether oxygens (including phenoxy) is 1. The molecule has 1 N–H and O–H groups in total. The third-order valence-electron chi connectivity index (χ3n) is 4.99. The highest BCUT2D eigenvalue weighted by Gasteiger charge is 2.32. The van der Waals surface area contributed by atoms with Gasteiger partial charge in [0, 0.05) is 16.8 Å². The SMILES string of the molecule is CC1=CCC(C(=O)N(c2cc(-c3ccc(F)cc3)sc2OC(=O)O)C(C)C)CC1. The van der Waals surface area contributed by atoms with Crippen molar-refractivity contribution < 1.29 is 23.8 Å². The van der Waals surface area contributed by atoms with Gasteiger partial charge in [0.15, 0.2) is 0 Å². The first kappa shape index (κ1) is 21.0. The van der Waals surface area contributed by atoms with Crippen molar-refractivity contribution in [1.82, 2.24) is 0 Å². The second-order valence-electron chi connectivity index (χ2n) is 7.48. The van der Waals surface area contributed by atoms with Crippen molar-refractivity contribution >= 4 is 29.1 Å². The van der Waals surface area contributed by atoms with Gasteiger partial charge in [0.25, 0.3) is 0 Å². The number of carbonyl (C=O) groups is 2. The molecular formula is C22H24FNO4S. The molecule has 0 aliphatic heterocycles. The lowest BCUT2D eigenvalue weighted by molar-refractivity contribution is -0.123. The summed E-state index contributed by atoms with van der Waals surface area (Å²) in [7, 11) is 0. The van der Waals surface area contributed by atoms with Crippen molar-refractivity contribution in [3.63, 3.8) is 0 Å². The number of thiophene rings is 1. The van der Waals surface area contributed by atoms with E-state index in [0.717, 1.165) is 29.7 Å². The minimum atomic E-state index is -1.44. The Hall–Kier alpha value is -2.67. The summed E-state index contributed by atoms with van der Waals surface area (Å²) in [5.41, 5.74) is 2.45. The Morgan fingerprint density at radius 2 is 1.97 bits per heavy atom. The molecule has 1 amide bonds. The molecule has 1 aliphatic rings. The van der Waals surface area contributed by atoms with Gasteiger partial charge in [-0.25, -0.2) is 9.18 Å². The maximum absolute atomic E-state index is 13.3. The molecule has 2 aromatic rings. The first-order valence-electron chi connectivity index (χ1n) is 9.55. The average Bonchev–Trinajstić information content (AvgIpc) is 3.05. The number of hydrogen-bond acceptors (Lipinski definition) is 4. The summed E-state index contributed by atoms with van der Waals surface area (Å²) >= 11 is 1.13. The van der Waals surface area contributed by atoms with Crippen LogP contribution in [0.2, 0.25) is 0 Å². The van der Waals surface area contributed by atoms with Crippen LogP contribution in [0.15, 0.2) is 42.0 Å². The van der Waals surface area contributed by atoms with Gasteiger partial charge in [0.2, 0.25) is 11.0 Å². The predicted octanol–water partition coefficient (Wildman–Crippen LogP) is 6.10. The lowest BCUT2D eigenvalue weighted by atomic mass is 9.89. The van der Waals surface area contributed by atoms with E-state index in [1.807, 2.05) is 13.8 Å². The van der Waals surface area contributed by atoms with E-state index >= 15 is 0 Å². The second kappa shape index (κ2) is 8.78. The van der Waals surface area contributed by atoms with E-state index in [1.165, 1.54) is 17.7 Å². The molecule has 5 nitrogen and oxygen atoms in total. The van der Waals surface area contributed by atoms with Crippen LogP contribution in [0, 0.1) is 11.7 Å². The monoisotopic (exact) mass is 417 g/mol. The summed E-state index contributed by atoms with van der Waals surface area (Å²) < 4.78 is 18.3. The van der Waals surface area contributed by atoms with Gasteiger partial charge in [0.05, 0.1) is 5.69 Å². The first-order chi connectivity index (χ1) is 13.8. The lowest BCUT2D eigenvalue weighted by Crippen LogP contribution is -2.41. The van der Waals surface area contributed by atoms with Gasteiger partial charge in [0.1, 0.15) is 5.82 Å². The normalized spacial score (nSPS) is 16.4. The van der Waals surface area contributed by atoms with E-state index in [1.54, 1.807) is 23.1 Å². The molecule has 3 rings (SSSR count). The standard InChI is InChI=1S/C22H24FNO4S/c1-13(2)24(20(25)16-6-4-14(3)5-7-16)18-12-19(29-21(18)28-22(26)27)15-8-10-17(23)11-9-15/h4,8-13,16H,5-7H2,1-3H3,(H,26,27). The number of rotatable bonds is 5. The van der Waals surface area contributed by atoms with Crippen LogP contribution in [0.3, 0.4) is 0 Å². The zero-order valence-electron chi connectivity index (χ0n) is 16.6. The molecular weight excluding hydrogens is 393 g/mol. The molecule has 1 heterocycles. The van der Waals surface area contributed by atoms with Crippen molar-refractivity contribution in [2.45, 2.75) is 46.1 Å². The molecule has 0 bridgehead atoms. The van der Waals surface area contributed by atoms with Crippen molar-refractivity contribution in [3.8, 4) is 15.5 Å². The highest BCUT2D eigenvalue weighted by atomic mass is 32.1. The molecule has 1 aromatic carbocycles. The van der Waals surface area contributed by atoms with Crippen LogP contribution in [0.25, 0.3) is 10.4 Å². The first-order valence-corrected chi connectivity index (χ1v) is 10.4. The van der Waals surface area contributed by atoms with E-state index in [-0.39, 0.29) is 28.7 Å². The van der Waals surface area contributed by atoms with Crippen molar-refractivity contribution in [2.24, 2.45) is 5.92 Å². The predicted molar refractivity (Wildman–Crippen MR) is 112 cm³/mol. The third-order valence-corrected chi connectivity index (χ3v) is 6.04. The molecule has 1 atom stereocenters. The van der Waals surface area contributed by atoms with Crippen molar-refractivity contribution in [2.75, 3.05) is 4.90 Å². The molecule has 0 fully saturated rings. The molecule has 1 unspecified atom stereocenters. The Balaban J connectivity index is 2.01. The second-order valence-corrected chi connectivity index (χ2v) is 8.50. The van der Waals surface area contributed by atoms with E-state index in [4.69, 9.17) is 9.84 Å². The highest BCUT2D eigenvalue weighted by molar-refractivity contribution is 7.18. The van der Waals surface area contributed by atoms with Crippen LogP contribution < -0.4 is 9.64 Å². The summed E-state index contributed by atoms with van der Waals surface area (Å²) in [5, 5.41) is 9.31. The van der Waals surface area contributed by atoms with E-state index in [0.29, 0.717) is 17.0 Å². The van der Waals surface area contributed by atoms with Crippen LogP contribution >= 0.6 is 11.3 Å². The molecule has 7 heteroatoms. The van der Waals surface area contributed by atoms with Crippen LogP contribution in [0.4, 0.5) is 14.9 Å². The molecule has 29 heavy (non-hydrogen) atoms. The molecule has 154 valence electrons. The van der Waals surface area contributed by atoms with Crippen LogP contribution in [0.1, 0.15) is 40.0 Å². The van der Waals surface area contributed by atoms with Crippen molar-refractivity contribution in [1.29, 1.82) is 0 Å².